The van der Waals surface area contributed by atoms with Crippen LogP contribution in [0.3, 0.4) is 0 Å². The molecular formula is C24H23N3O2S. The summed E-state index contributed by atoms with van der Waals surface area (Å²) in [6.07, 6.45) is 2.61. The van der Waals surface area contributed by atoms with Gasteiger partial charge < -0.3 is 15.0 Å². The van der Waals surface area contributed by atoms with Crippen molar-refractivity contribution in [3.8, 4) is 5.75 Å². The predicted molar refractivity (Wildman–Crippen MR) is 121 cm³/mol. The second-order valence-electron chi connectivity index (χ2n) is 6.92. The SMILES string of the molecule is COc1cc(SC)ccc1C(=O)NC(Cc1ccccc1)c1nc2ccccc2[nH]1. The zero-order valence-corrected chi connectivity index (χ0v) is 17.7. The lowest BCUT2D eigenvalue weighted by Gasteiger charge is -2.18. The summed E-state index contributed by atoms with van der Waals surface area (Å²) in [6.45, 7) is 0. The third-order valence-electron chi connectivity index (χ3n) is 4.98. The van der Waals surface area contributed by atoms with E-state index in [1.165, 1.54) is 0 Å². The van der Waals surface area contributed by atoms with Crippen LogP contribution in [0.4, 0.5) is 0 Å². The van der Waals surface area contributed by atoms with Gasteiger partial charge in [0.2, 0.25) is 0 Å². The second kappa shape index (κ2) is 9.05. The number of thioether (sulfide) groups is 1. The number of fused-ring (bicyclic) bond motifs is 1. The van der Waals surface area contributed by atoms with Crippen molar-refractivity contribution in [2.24, 2.45) is 0 Å². The summed E-state index contributed by atoms with van der Waals surface area (Å²) in [5.74, 6) is 1.09. The van der Waals surface area contributed by atoms with E-state index in [1.807, 2.05) is 60.9 Å². The standard InChI is InChI=1S/C24H23N3O2S/c1-29-22-15-17(30-2)12-13-18(22)24(28)27-21(14-16-8-4-3-5-9-16)23-25-19-10-6-7-11-20(19)26-23/h3-13,15,21H,14H2,1-2H3,(H,25,26)(H,27,28). The molecule has 0 fully saturated rings. The molecule has 4 rings (SSSR count). The quantitative estimate of drug-likeness (QED) is 0.415. The van der Waals surface area contributed by atoms with Crippen LogP contribution in [-0.2, 0) is 6.42 Å². The second-order valence-corrected chi connectivity index (χ2v) is 7.80. The highest BCUT2D eigenvalue weighted by Crippen LogP contribution is 2.27. The molecule has 1 unspecified atom stereocenters. The van der Waals surface area contributed by atoms with Gasteiger partial charge in [0.1, 0.15) is 11.6 Å². The molecule has 1 amide bonds. The van der Waals surface area contributed by atoms with Gasteiger partial charge in [0.05, 0.1) is 29.7 Å². The summed E-state index contributed by atoms with van der Waals surface area (Å²) in [6, 6.07) is 23.2. The maximum atomic E-state index is 13.2. The van der Waals surface area contributed by atoms with Crippen molar-refractivity contribution in [3.05, 3.63) is 89.7 Å². The largest absolute Gasteiger partial charge is 0.496 e. The zero-order valence-electron chi connectivity index (χ0n) is 16.9. The number of nitrogens with one attached hydrogen (secondary N) is 2. The first kappa shape index (κ1) is 20.0. The molecule has 5 nitrogen and oxygen atoms in total. The van der Waals surface area contributed by atoms with Gasteiger partial charge in [-0.15, -0.1) is 11.8 Å². The van der Waals surface area contributed by atoms with Gasteiger partial charge in [-0.2, -0.15) is 0 Å². The summed E-state index contributed by atoms with van der Waals surface area (Å²) in [4.78, 5) is 22.3. The normalized spacial score (nSPS) is 11.9. The van der Waals surface area contributed by atoms with E-state index in [1.54, 1.807) is 24.9 Å². The number of methoxy groups -OCH3 is 1. The van der Waals surface area contributed by atoms with Crippen LogP contribution < -0.4 is 10.1 Å². The molecule has 0 aliphatic rings. The topological polar surface area (TPSA) is 67.0 Å². The molecular weight excluding hydrogens is 394 g/mol. The summed E-state index contributed by atoms with van der Waals surface area (Å²) in [5, 5.41) is 3.15. The molecule has 30 heavy (non-hydrogen) atoms. The van der Waals surface area contributed by atoms with Crippen LogP contribution in [-0.4, -0.2) is 29.2 Å². The Kier molecular flexibility index (Phi) is 6.05. The molecule has 6 heteroatoms. The van der Waals surface area contributed by atoms with Crippen molar-refractivity contribution in [3.63, 3.8) is 0 Å². The van der Waals surface area contributed by atoms with E-state index < -0.39 is 0 Å². The molecule has 0 aliphatic heterocycles. The Bertz CT molecular complexity index is 1120. The van der Waals surface area contributed by atoms with E-state index in [-0.39, 0.29) is 11.9 Å². The molecule has 3 aromatic carbocycles. The molecule has 4 aromatic rings. The number of amides is 1. The van der Waals surface area contributed by atoms with E-state index in [0.717, 1.165) is 27.3 Å². The fraction of sp³-hybridized carbons (Fsp3) is 0.167. The fourth-order valence-corrected chi connectivity index (χ4v) is 3.85. The van der Waals surface area contributed by atoms with Gasteiger partial charge in [0, 0.05) is 4.90 Å². The van der Waals surface area contributed by atoms with Crippen LogP contribution in [0.1, 0.15) is 27.8 Å². The van der Waals surface area contributed by atoms with Crippen molar-refractivity contribution in [2.75, 3.05) is 13.4 Å². The lowest BCUT2D eigenvalue weighted by molar-refractivity contribution is 0.0931. The number of aromatic amines is 1. The maximum absolute atomic E-state index is 13.2. The molecule has 1 aromatic heterocycles. The number of H-pyrrole nitrogens is 1. The molecule has 0 saturated heterocycles. The average Bonchev–Trinajstić information content (AvgIpc) is 3.23. The smallest absolute Gasteiger partial charge is 0.255 e. The number of carbonyl (C=O) groups excluding carboxylic acids is 1. The first-order valence-corrected chi connectivity index (χ1v) is 10.9. The Hall–Kier alpha value is -3.25. The van der Waals surface area contributed by atoms with Crippen LogP contribution in [0.2, 0.25) is 0 Å². The molecule has 2 N–H and O–H groups in total. The Morgan fingerprint density at radius 1 is 1.10 bits per heavy atom. The van der Waals surface area contributed by atoms with E-state index in [2.05, 4.69) is 22.4 Å². The van der Waals surface area contributed by atoms with Crippen LogP contribution in [0.5, 0.6) is 5.75 Å². The van der Waals surface area contributed by atoms with Crippen molar-refractivity contribution < 1.29 is 9.53 Å². The third-order valence-corrected chi connectivity index (χ3v) is 5.70. The molecule has 152 valence electrons. The average molecular weight is 418 g/mol. The van der Waals surface area contributed by atoms with Gasteiger partial charge in [-0.3, -0.25) is 4.79 Å². The van der Waals surface area contributed by atoms with Gasteiger partial charge in [-0.1, -0.05) is 42.5 Å². The number of carbonyl (C=O) groups is 1. The van der Waals surface area contributed by atoms with Crippen molar-refractivity contribution in [1.82, 2.24) is 15.3 Å². The number of para-hydroxylation sites is 2. The van der Waals surface area contributed by atoms with Crippen molar-refractivity contribution >= 4 is 28.7 Å². The lowest BCUT2D eigenvalue weighted by Crippen LogP contribution is -2.31. The highest BCUT2D eigenvalue weighted by Gasteiger charge is 2.22. The highest BCUT2D eigenvalue weighted by molar-refractivity contribution is 7.98. The fourth-order valence-electron chi connectivity index (χ4n) is 3.43. The Morgan fingerprint density at radius 2 is 1.87 bits per heavy atom. The summed E-state index contributed by atoms with van der Waals surface area (Å²) < 4.78 is 5.46. The van der Waals surface area contributed by atoms with Crippen LogP contribution in [0, 0.1) is 0 Å². The van der Waals surface area contributed by atoms with Gasteiger partial charge in [0.25, 0.3) is 5.91 Å². The van der Waals surface area contributed by atoms with Crippen molar-refractivity contribution in [1.29, 1.82) is 0 Å². The Labute approximate surface area is 179 Å². The summed E-state index contributed by atoms with van der Waals surface area (Å²) in [5.41, 5.74) is 3.45. The van der Waals surface area contributed by atoms with Gasteiger partial charge in [-0.05, 0) is 48.6 Å². The monoisotopic (exact) mass is 417 g/mol. The van der Waals surface area contributed by atoms with E-state index in [0.29, 0.717) is 17.7 Å². The summed E-state index contributed by atoms with van der Waals surface area (Å²) >= 11 is 1.61. The van der Waals surface area contributed by atoms with Gasteiger partial charge in [0.15, 0.2) is 0 Å². The maximum Gasteiger partial charge on any atom is 0.255 e. The lowest BCUT2D eigenvalue weighted by atomic mass is 10.0. The van der Waals surface area contributed by atoms with Gasteiger partial charge >= 0.3 is 0 Å². The minimum absolute atomic E-state index is 0.194. The highest BCUT2D eigenvalue weighted by atomic mass is 32.2. The number of aromatic nitrogens is 2. The molecule has 0 bridgehead atoms. The molecule has 0 spiro atoms. The van der Waals surface area contributed by atoms with E-state index in [4.69, 9.17) is 9.72 Å². The first-order valence-electron chi connectivity index (χ1n) is 9.69. The predicted octanol–water partition coefficient (Wildman–Crippen LogP) is 5.01. The number of hydrogen-bond donors (Lipinski definition) is 2. The van der Waals surface area contributed by atoms with E-state index in [9.17, 15) is 4.79 Å². The van der Waals surface area contributed by atoms with Crippen LogP contribution >= 0.6 is 11.8 Å². The van der Waals surface area contributed by atoms with Crippen LogP contribution in [0.25, 0.3) is 11.0 Å². The molecule has 1 atom stereocenters. The molecule has 0 radical (unpaired) electrons. The van der Waals surface area contributed by atoms with Crippen LogP contribution in [0.15, 0.2) is 77.7 Å². The first-order chi connectivity index (χ1) is 14.7. The number of benzene rings is 3. The zero-order chi connectivity index (χ0) is 20.9. The molecule has 0 saturated carbocycles. The number of rotatable bonds is 7. The third kappa shape index (κ3) is 4.33. The number of ether oxygens (including phenoxy) is 1. The Morgan fingerprint density at radius 3 is 2.60 bits per heavy atom. The number of nitrogens with zero attached hydrogens (tertiary/aromatic N) is 1. The van der Waals surface area contributed by atoms with Gasteiger partial charge in [-0.25, -0.2) is 4.98 Å². The summed E-state index contributed by atoms with van der Waals surface area (Å²) in [7, 11) is 1.58. The van der Waals surface area contributed by atoms with Crippen molar-refractivity contribution in [2.45, 2.75) is 17.4 Å². The number of hydrogen-bond acceptors (Lipinski definition) is 4. The molecule has 1 heterocycles. The minimum Gasteiger partial charge on any atom is -0.496 e. The number of imidazole rings is 1. The van der Waals surface area contributed by atoms with E-state index >= 15 is 0 Å². The molecule has 0 aliphatic carbocycles. The minimum atomic E-state index is -0.308. The Balaban J connectivity index is 1.66.